The lowest BCUT2D eigenvalue weighted by atomic mass is 10.2. The van der Waals surface area contributed by atoms with Crippen molar-refractivity contribution in [1.82, 2.24) is 20.2 Å². The second-order valence-corrected chi connectivity index (χ2v) is 4.66. The maximum absolute atomic E-state index is 11.0. The Kier molecular flexibility index (Phi) is 2.52. The molecule has 0 radical (unpaired) electrons. The van der Waals surface area contributed by atoms with Crippen LogP contribution in [0.3, 0.4) is 0 Å². The van der Waals surface area contributed by atoms with Gasteiger partial charge in [-0.2, -0.15) is 4.68 Å². The van der Waals surface area contributed by atoms with Gasteiger partial charge in [0, 0.05) is 10.9 Å². The maximum atomic E-state index is 11.0. The molecule has 0 bridgehead atoms. The summed E-state index contributed by atoms with van der Waals surface area (Å²) in [5.41, 5.74) is 0.696. The molecule has 1 aliphatic rings. The van der Waals surface area contributed by atoms with Crippen molar-refractivity contribution in [2.24, 2.45) is 0 Å². The number of aromatic carboxylic acids is 1. The van der Waals surface area contributed by atoms with Crippen LogP contribution in [0.5, 0.6) is 0 Å². The normalized spacial score (nSPS) is 14.7. The molecule has 1 N–H and O–H groups in total. The molecular weight excluding hydrogens is 256 g/mol. The second-order valence-electron chi connectivity index (χ2n) is 4.23. The summed E-state index contributed by atoms with van der Waals surface area (Å²) >= 11 is 5.91. The Labute approximate surface area is 107 Å². The van der Waals surface area contributed by atoms with Gasteiger partial charge in [0.05, 0.1) is 11.3 Å². The van der Waals surface area contributed by atoms with Crippen LogP contribution in [0.4, 0.5) is 0 Å². The van der Waals surface area contributed by atoms with Crippen LogP contribution >= 0.6 is 11.6 Å². The van der Waals surface area contributed by atoms with Crippen LogP contribution in [0.1, 0.15) is 34.9 Å². The van der Waals surface area contributed by atoms with Gasteiger partial charge in [-0.1, -0.05) is 11.6 Å². The zero-order chi connectivity index (χ0) is 12.7. The molecule has 1 saturated carbocycles. The van der Waals surface area contributed by atoms with Gasteiger partial charge in [0.2, 0.25) is 0 Å². The number of rotatable bonds is 3. The van der Waals surface area contributed by atoms with Gasteiger partial charge in [0.15, 0.2) is 5.82 Å². The van der Waals surface area contributed by atoms with Crippen LogP contribution in [-0.4, -0.2) is 31.3 Å². The first-order chi connectivity index (χ1) is 8.65. The van der Waals surface area contributed by atoms with E-state index in [0.717, 1.165) is 18.7 Å². The molecule has 6 nitrogen and oxygen atoms in total. The number of halogens is 1. The third-order valence-corrected chi connectivity index (χ3v) is 3.03. The summed E-state index contributed by atoms with van der Waals surface area (Å²) in [6.07, 6.45) is 2.12. The summed E-state index contributed by atoms with van der Waals surface area (Å²) in [7, 11) is 0. The number of hydrogen-bond acceptors (Lipinski definition) is 4. The fourth-order valence-corrected chi connectivity index (χ4v) is 2.02. The van der Waals surface area contributed by atoms with E-state index in [1.54, 1.807) is 10.7 Å². The smallest absolute Gasteiger partial charge is 0.335 e. The maximum Gasteiger partial charge on any atom is 0.335 e. The predicted molar refractivity (Wildman–Crippen MR) is 63.1 cm³/mol. The molecule has 1 aliphatic carbocycles. The standard InChI is InChI=1S/C11H9ClN4O2/c12-8-3-7(11(17)18)4-9(5-8)16-10(6-1-2-6)13-14-15-16/h3-6H,1-2H2,(H,17,18). The molecule has 1 aromatic carbocycles. The molecular formula is C11H9ClN4O2. The molecule has 0 aliphatic heterocycles. The highest BCUT2D eigenvalue weighted by Crippen LogP contribution is 2.39. The Balaban J connectivity index is 2.10. The van der Waals surface area contributed by atoms with Crippen LogP contribution in [-0.2, 0) is 0 Å². The van der Waals surface area contributed by atoms with Crippen molar-refractivity contribution in [1.29, 1.82) is 0 Å². The van der Waals surface area contributed by atoms with E-state index >= 15 is 0 Å². The first kappa shape index (κ1) is 11.2. The minimum atomic E-state index is -1.03. The molecule has 0 atom stereocenters. The lowest BCUT2D eigenvalue weighted by Gasteiger charge is -2.05. The Hall–Kier alpha value is -1.95. The molecule has 0 saturated heterocycles. The van der Waals surface area contributed by atoms with Crippen molar-refractivity contribution >= 4 is 17.6 Å². The summed E-state index contributed by atoms with van der Waals surface area (Å²) in [5, 5.41) is 20.9. The van der Waals surface area contributed by atoms with Crippen LogP contribution in [0.25, 0.3) is 5.69 Å². The lowest BCUT2D eigenvalue weighted by Crippen LogP contribution is -2.05. The monoisotopic (exact) mass is 264 g/mol. The van der Waals surface area contributed by atoms with Crippen molar-refractivity contribution in [2.45, 2.75) is 18.8 Å². The van der Waals surface area contributed by atoms with Crippen molar-refractivity contribution < 1.29 is 9.90 Å². The summed E-state index contributed by atoms with van der Waals surface area (Å²) in [4.78, 5) is 11.0. The molecule has 0 amide bonds. The molecule has 2 aromatic rings. The number of nitrogens with zero attached hydrogens (tertiary/aromatic N) is 4. The number of hydrogen-bond donors (Lipinski definition) is 1. The van der Waals surface area contributed by atoms with Crippen molar-refractivity contribution in [2.75, 3.05) is 0 Å². The van der Waals surface area contributed by atoms with Gasteiger partial charge in [0.1, 0.15) is 0 Å². The lowest BCUT2D eigenvalue weighted by molar-refractivity contribution is 0.0697. The van der Waals surface area contributed by atoms with E-state index in [0.29, 0.717) is 16.6 Å². The summed E-state index contributed by atoms with van der Waals surface area (Å²) in [5.74, 6) is 0.0978. The largest absolute Gasteiger partial charge is 0.478 e. The average molecular weight is 265 g/mol. The Morgan fingerprint density at radius 1 is 1.39 bits per heavy atom. The average Bonchev–Trinajstić information content (AvgIpc) is 3.06. The van der Waals surface area contributed by atoms with Gasteiger partial charge in [0.25, 0.3) is 0 Å². The van der Waals surface area contributed by atoms with Crippen molar-refractivity contribution in [3.8, 4) is 5.69 Å². The first-order valence-corrected chi connectivity index (χ1v) is 5.85. The SMILES string of the molecule is O=C(O)c1cc(Cl)cc(-n2nnnc2C2CC2)c1. The number of carboxylic acid groups (broad SMARTS) is 1. The van der Waals surface area contributed by atoms with E-state index in [9.17, 15) is 4.79 Å². The topological polar surface area (TPSA) is 80.9 Å². The Morgan fingerprint density at radius 2 is 2.17 bits per heavy atom. The zero-order valence-electron chi connectivity index (χ0n) is 9.25. The number of carbonyl (C=O) groups is 1. The van der Waals surface area contributed by atoms with Gasteiger partial charge in [-0.05, 0) is 41.5 Å². The summed E-state index contributed by atoms with van der Waals surface area (Å²) in [6.45, 7) is 0. The molecule has 0 spiro atoms. The molecule has 1 fully saturated rings. The highest BCUT2D eigenvalue weighted by atomic mass is 35.5. The third-order valence-electron chi connectivity index (χ3n) is 2.81. The van der Waals surface area contributed by atoms with E-state index < -0.39 is 5.97 Å². The summed E-state index contributed by atoms with van der Waals surface area (Å²) < 4.78 is 1.55. The quantitative estimate of drug-likeness (QED) is 0.916. The number of benzene rings is 1. The van der Waals surface area contributed by atoms with E-state index in [-0.39, 0.29) is 5.56 Å². The summed E-state index contributed by atoms with van der Waals surface area (Å²) in [6, 6.07) is 4.56. The fourth-order valence-electron chi connectivity index (χ4n) is 1.79. The molecule has 18 heavy (non-hydrogen) atoms. The van der Waals surface area contributed by atoms with Crippen molar-refractivity contribution in [3.63, 3.8) is 0 Å². The highest BCUT2D eigenvalue weighted by molar-refractivity contribution is 6.31. The molecule has 1 heterocycles. The van der Waals surface area contributed by atoms with Crippen LogP contribution in [0.2, 0.25) is 5.02 Å². The van der Waals surface area contributed by atoms with Gasteiger partial charge in [-0.3, -0.25) is 0 Å². The van der Waals surface area contributed by atoms with Gasteiger partial charge in [-0.15, -0.1) is 5.10 Å². The predicted octanol–water partition coefficient (Wildman–Crippen LogP) is 1.89. The van der Waals surface area contributed by atoms with Crippen LogP contribution < -0.4 is 0 Å². The Morgan fingerprint density at radius 3 is 2.83 bits per heavy atom. The Bertz CT molecular complexity index is 621. The molecule has 3 rings (SSSR count). The van der Waals surface area contributed by atoms with E-state index in [1.165, 1.54) is 12.1 Å². The van der Waals surface area contributed by atoms with E-state index in [1.807, 2.05) is 0 Å². The van der Waals surface area contributed by atoms with Gasteiger partial charge >= 0.3 is 5.97 Å². The molecule has 7 heteroatoms. The van der Waals surface area contributed by atoms with Crippen LogP contribution in [0.15, 0.2) is 18.2 Å². The number of aromatic nitrogens is 4. The van der Waals surface area contributed by atoms with Crippen LogP contribution in [0, 0.1) is 0 Å². The van der Waals surface area contributed by atoms with Gasteiger partial charge in [-0.25, -0.2) is 4.79 Å². The third kappa shape index (κ3) is 1.95. The van der Waals surface area contributed by atoms with E-state index in [2.05, 4.69) is 15.5 Å². The second kappa shape index (κ2) is 4.06. The van der Waals surface area contributed by atoms with Gasteiger partial charge < -0.3 is 5.11 Å². The molecule has 92 valence electrons. The number of tetrazole rings is 1. The minimum Gasteiger partial charge on any atom is -0.478 e. The zero-order valence-corrected chi connectivity index (χ0v) is 10.0. The van der Waals surface area contributed by atoms with Crippen molar-refractivity contribution in [3.05, 3.63) is 34.6 Å². The first-order valence-electron chi connectivity index (χ1n) is 5.47. The van der Waals surface area contributed by atoms with E-state index in [4.69, 9.17) is 16.7 Å². The molecule has 1 aromatic heterocycles. The highest BCUT2D eigenvalue weighted by Gasteiger charge is 2.30. The molecule has 0 unspecified atom stereocenters. The number of carboxylic acids is 1. The minimum absolute atomic E-state index is 0.120. The fraction of sp³-hybridized carbons (Fsp3) is 0.273.